The first-order valence-electron chi connectivity index (χ1n) is 10.6. The summed E-state index contributed by atoms with van der Waals surface area (Å²) in [6.45, 7) is 6.41. The summed E-state index contributed by atoms with van der Waals surface area (Å²) < 4.78 is 47.2. The Kier molecular flexibility index (Phi) is 6.52. The lowest BCUT2D eigenvalue weighted by Gasteiger charge is -2.35. The highest BCUT2D eigenvalue weighted by molar-refractivity contribution is 9.10. The Morgan fingerprint density at radius 1 is 1.15 bits per heavy atom. The van der Waals surface area contributed by atoms with Crippen molar-refractivity contribution in [2.45, 2.75) is 61.2 Å². The molecule has 1 saturated heterocycles. The SMILES string of the molecule is CC(C)(C)OC(=O)N1CCC(Nc2cc(C(F)(F)F)cc3c2Nc2ccc(Br)cc2S3)CC1. The van der Waals surface area contributed by atoms with Crippen LogP contribution < -0.4 is 10.6 Å². The van der Waals surface area contributed by atoms with E-state index in [1.54, 1.807) is 4.90 Å². The summed E-state index contributed by atoms with van der Waals surface area (Å²) in [6.07, 6.45) is -3.59. The van der Waals surface area contributed by atoms with Crippen molar-refractivity contribution in [3.8, 4) is 0 Å². The molecule has 2 aliphatic rings. The summed E-state index contributed by atoms with van der Waals surface area (Å²) in [6, 6.07) is 7.96. The Bertz CT molecular complexity index is 1060. The standard InChI is InChI=1S/C23H25BrF3N3O2S/c1-22(2,3)32-21(31)30-8-6-15(7-9-30)28-17-10-13(23(25,26)27)11-19-20(17)29-16-5-4-14(24)12-18(16)33-19/h4-5,10-12,15,28-29H,6-9H2,1-3H3. The number of hydrogen-bond acceptors (Lipinski definition) is 5. The number of hydrogen-bond donors (Lipinski definition) is 2. The fraction of sp³-hybridized carbons (Fsp3) is 0.435. The third-order valence-corrected chi connectivity index (χ3v) is 6.95. The van der Waals surface area contributed by atoms with Crippen LogP contribution in [0.1, 0.15) is 39.2 Å². The third kappa shape index (κ3) is 5.71. The van der Waals surface area contributed by atoms with Crippen molar-refractivity contribution >= 4 is 50.8 Å². The van der Waals surface area contributed by atoms with Gasteiger partial charge in [-0.15, -0.1) is 0 Å². The average molecular weight is 544 g/mol. The van der Waals surface area contributed by atoms with Gasteiger partial charge in [0.25, 0.3) is 0 Å². The number of likely N-dealkylation sites (tertiary alicyclic amines) is 1. The van der Waals surface area contributed by atoms with E-state index in [2.05, 4.69) is 26.6 Å². The molecule has 4 rings (SSSR count). The van der Waals surface area contributed by atoms with Gasteiger partial charge in [0.2, 0.25) is 0 Å². The first-order chi connectivity index (χ1) is 15.4. The maximum atomic E-state index is 13.6. The molecule has 5 nitrogen and oxygen atoms in total. The predicted molar refractivity (Wildman–Crippen MR) is 127 cm³/mol. The van der Waals surface area contributed by atoms with E-state index >= 15 is 0 Å². The number of ether oxygens (including phenoxy) is 1. The molecule has 10 heteroatoms. The highest BCUT2D eigenvalue weighted by Crippen LogP contribution is 2.50. The molecular weight excluding hydrogens is 519 g/mol. The van der Waals surface area contributed by atoms with Gasteiger partial charge in [-0.25, -0.2) is 4.79 Å². The molecule has 33 heavy (non-hydrogen) atoms. The minimum Gasteiger partial charge on any atom is -0.444 e. The molecule has 1 fully saturated rings. The fourth-order valence-corrected chi connectivity index (χ4v) is 5.41. The van der Waals surface area contributed by atoms with Crippen LogP contribution >= 0.6 is 27.7 Å². The Morgan fingerprint density at radius 3 is 2.48 bits per heavy atom. The number of fused-ring (bicyclic) bond motifs is 2. The van der Waals surface area contributed by atoms with Crippen molar-refractivity contribution < 1.29 is 22.7 Å². The lowest BCUT2D eigenvalue weighted by molar-refractivity contribution is -0.137. The van der Waals surface area contributed by atoms with E-state index < -0.39 is 17.3 Å². The van der Waals surface area contributed by atoms with Crippen LogP contribution in [0.5, 0.6) is 0 Å². The zero-order chi connectivity index (χ0) is 24.0. The second-order valence-electron chi connectivity index (χ2n) is 9.15. The van der Waals surface area contributed by atoms with Crippen molar-refractivity contribution in [3.05, 3.63) is 40.4 Å². The number of amides is 1. The topological polar surface area (TPSA) is 53.6 Å². The fourth-order valence-electron chi connectivity index (χ4n) is 3.79. The molecule has 0 bridgehead atoms. The molecule has 2 N–H and O–H groups in total. The van der Waals surface area contributed by atoms with Crippen LogP contribution in [0.4, 0.5) is 35.0 Å². The third-order valence-electron chi connectivity index (χ3n) is 5.36. The van der Waals surface area contributed by atoms with E-state index in [4.69, 9.17) is 4.74 Å². The molecule has 2 aromatic carbocycles. The number of anilines is 3. The molecule has 0 aliphatic carbocycles. The van der Waals surface area contributed by atoms with Gasteiger partial charge in [-0.05, 0) is 63.9 Å². The van der Waals surface area contributed by atoms with Gasteiger partial charge >= 0.3 is 12.3 Å². The van der Waals surface area contributed by atoms with Gasteiger partial charge in [0.05, 0.1) is 22.6 Å². The monoisotopic (exact) mass is 543 g/mol. The molecule has 2 aliphatic heterocycles. The maximum absolute atomic E-state index is 13.6. The Morgan fingerprint density at radius 2 is 1.85 bits per heavy atom. The summed E-state index contributed by atoms with van der Waals surface area (Å²) in [5.41, 5.74) is 0.633. The van der Waals surface area contributed by atoms with Crippen LogP contribution in [0.15, 0.2) is 44.6 Å². The summed E-state index contributed by atoms with van der Waals surface area (Å²) in [7, 11) is 0. The normalized spacial score (nSPS) is 16.5. The molecule has 1 amide bonds. The number of rotatable bonds is 2. The molecule has 0 radical (unpaired) electrons. The van der Waals surface area contributed by atoms with Gasteiger partial charge in [0.1, 0.15) is 5.60 Å². The number of nitrogens with one attached hydrogen (secondary N) is 2. The molecule has 178 valence electrons. The first-order valence-corrected chi connectivity index (χ1v) is 12.2. The van der Waals surface area contributed by atoms with Crippen LogP contribution in [0.3, 0.4) is 0 Å². The predicted octanol–water partition coefficient (Wildman–Crippen LogP) is 7.49. The van der Waals surface area contributed by atoms with Gasteiger partial charge in [-0.2, -0.15) is 13.2 Å². The largest absolute Gasteiger partial charge is 0.444 e. The molecule has 0 unspecified atom stereocenters. The highest BCUT2D eigenvalue weighted by Gasteiger charge is 2.34. The number of carbonyl (C=O) groups excluding carboxylic acids is 1. The molecule has 0 aromatic heterocycles. The number of benzene rings is 2. The van der Waals surface area contributed by atoms with Crippen LogP contribution in [0.25, 0.3) is 0 Å². The van der Waals surface area contributed by atoms with E-state index in [1.165, 1.54) is 17.8 Å². The molecular formula is C23H25BrF3N3O2S. The van der Waals surface area contributed by atoms with E-state index in [0.717, 1.165) is 21.1 Å². The van der Waals surface area contributed by atoms with Crippen LogP contribution in [-0.4, -0.2) is 35.7 Å². The smallest absolute Gasteiger partial charge is 0.416 e. The molecule has 2 aromatic rings. The van der Waals surface area contributed by atoms with Crippen molar-refractivity contribution in [1.82, 2.24) is 4.90 Å². The Labute approximate surface area is 203 Å². The second kappa shape index (κ2) is 8.94. The van der Waals surface area contributed by atoms with Gasteiger partial charge < -0.3 is 20.3 Å². The van der Waals surface area contributed by atoms with Crippen molar-refractivity contribution in [2.75, 3.05) is 23.7 Å². The van der Waals surface area contributed by atoms with Crippen molar-refractivity contribution in [1.29, 1.82) is 0 Å². The summed E-state index contributed by atoms with van der Waals surface area (Å²) in [5.74, 6) is 0. The zero-order valence-electron chi connectivity index (χ0n) is 18.5. The summed E-state index contributed by atoms with van der Waals surface area (Å²) >= 11 is 4.73. The van der Waals surface area contributed by atoms with Crippen molar-refractivity contribution in [2.24, 2.45) is 0 Å². The number of piperidine rings is 1. The number of alkyl halides is 3. The molecule has 0 saturated carbocycles. The van der Waals surface area contributed by atoms with E-state index in [9.17, 15) is 18.0 Å². The number of halogens is 4. The Balaban J connectivity index is 1.54. The van der Waals surface area contributed by atoms with Gasteiger partial charge in [-0.3, -0.25) is 0 Å². The number of nitrogens with zero attached hydrogens (tertiary/aromatic N) is 1. The molecule has 2 heterocycles. The van der Waals surface area contributed by atoms with Gasteiger partial charge in [-0.1, -0.05) is 27.7 Å². The van der Waals surface area contributed by atoms with Crippen LogP contribution in [-0.2, 0) is 10.9 Å². The highest BCUT2D eigenvalue weighted by atomic mass is 79.9. The van der Waals surface area contributed by atoms with Gasteiger partial charge in [0.15, 0.2) is 0 Å². The first kappa shape index (κ1) is 24.1. The summed E-state index contributed by atoms with van der Waals surface area (Å²) in [5, 5.41) is 6.61. The summed E-state index contributed by atoms with van der Waals surface area (Å²) in [4.78, 5) is 15.3. The lowest BCUT2D eigenvalue weighted by atomic mass is 10.0. The van der Waals surface area contributed by atoms with E-state index in [1.807, 2.05) is 39.0 Å². The zero-order valence-corrected chi connectivity index (χ0v) is 20.9. The average Bonchev–Trinajstić information content (AvgIpc) is 2.71. The minimum atomic E-state index is -4.45. The van der Waals surface area contributed by atoms with E-state index in [-0.39, 0.29) is 12.1 Å². The minimum absolute atomic E-state index is 0.0608. The van der Waals surface area contributed by atoms with Crippen LogP contribution in [0.2, 0.25) is 0 Å². The second-order valence-corrected chi connectivity index (χ2v) is 11.1. The molecule has 0 spiro atoms. The Hall–Kier alpha value is -2.07. The van der Waals surface area contributed by atoms with Crippen LogP contribution in [0, 0.1) is 0 Å². The van der Waals surface area contributed by atoms with Crippen molar-refractivity contribution in [3.63, 3.8) is 0 Å². The molecule has 0 atom stereocenters. The van der Waals surface area contributed by atoms with Gasteiger partial charge in [0, 0.05) is 33.4 Å². The lowest BCUT2D eigenvalue weighted by Crippen LogP contribution is -2.44. The quantitative estimate of drug-likeness (QED) is 0.350. The van der Waals surface area contributed by atoms with E-state index in [0.29, 0.717) is 42.2 Å². The number of carbonyl (C=O) groups is 1. The maximum Gasteiger partial charge on any atom is 0.416 e.